The quantitative estimate of drug-likeness (QED) is 0.927. The molecule has 2 nitrogen and oxygen atoms in total. The summed E-state index contributed by atoms with van der Waals surface area (Å²) in [6, 6.07) is 12.1. The highest BCUT2D eigenvalue weighted by Crippen LogP contribution is 2.34. The summed E-state index contributed by atoms with van der Waals surface area (Å²) in [7, 11) is 0. The van der Waals surface area contributed by atoms with E-state index in [0.29, 0.717) is 17.9 Å². The predicted molar refractivity (Wildman–Crippen MR) is 80.4 cm³/mol. The topological polar surface area (TPSA) is 29.5 Å². The average molecular weight is 307 g/mol. The second-order valence-electron chi connectivity index (χ2n) is 5.37. The molecule has 3 rings (SSSR count). The lowest BCUT2D eigenvalue weighted by atomic mass is 9.92. The van der Waals surface area contributed by atoms with Crippen molar-refractivity contribution in [3.05, 3.63) is 64.4 Å². The van der Waals surface area contributed by atoms with Crippen molar-refractivity contribution in [1.29, 1.82) is 0 Å². The van der Waals surface area contributed by atoms with Gasteiger partial charge in [0.05, 0.1) is 6.61 Å². The third kappa shape index (κ3) is 3.20. The lowest BCUT2D eigenvalue weighted by Gasteiger charge is -2.19. The summed E-state index contributed by atoms with van der Waals surface area (Å²) in [6.45, 7) is 0.0326. The minimum Gasteiger partial charge on any atom is -0.490 e. The van der Waals surface area contributed by atoms with Crippen LogP contribution in [0.15, 0.2) is 42.5 Å². The summed E-state index contributed by atoms with van der Waals surface area (Å²) in [5.41, 5.74) is 1.89. The molecule has 1 aliphatic rings. The van der Waals surface area contributed by atoms with Crippen molar-refractivity contribution in [3.8, 4) is 5.75 Å². The molecule has 2 atom stereocenters. The van der Waals surface area contributed by atoms with Crippen molar-refractivity contribution in [2.75, 3.05) is 6.61 Å². The van der Waals surface area contributed by atoms with Crippen LogP contribution in [0.2, 0.25) is 5.02 Å². The van der Waals surface area contributed by atoms with Gasteiger partial charge in [0.15, 0.2) is 0 Å². The van der Waals surface area contributed by atoms with E-state index in [1.165, 1.54) is 12.1 Å². The van der Waals surface area contributed by atoms with Gasteiger partial charge in [-0.1, -0.05) is 23.7 Å². The lowest BCUT2D eigenvalue weighted by molar-refractivity contribution is 0.179. The van der Waals surface area contributed by atoms with Crippen molar-refractivity contribution in [2.45, 2.75) is 24.9 Å². The molecule has 1 aliphatic heterocycles. The van der Waals surface area contributed by atoms with Gasteiger partial charge in [-0.25, -0.2) is 4.39 Å². The van der Waals surface area contributed by atoms with Gasteiger partial charge in [0.25, 0.3) is 0 Å². The number of aliphatic hydroxyl groups excluding tert-OH is 1. The van der Waals surface area contributed by atoms with Crippen molar-refractivity contribution in [1.82, 2.24) is 0 Å². The Balaban J connectivity index is 1.72. The molecule has 1 heterocycles. The number of benzene rings is 2. The molecule has 4 heteroatoms. The fourth-order valence-electron chi connectivity index (χ4n) is 2.81. The molecule has 0 aliphatic carbocycles. The number of ether oxygens (including phenoxy) is 1. The Hall–Kier alpha value is -1.58. The van der Waals surface area contributed by atoms with Crippen LogP contribution in [0.3, 0.4) is 0 Å². The zero-order chi connectivity index (χ0) is 14.8. The van der Waals surface area contributed by atoms with E-state index in [0.717, 1.165) is 16.9 Å². The van der Waals surface area contributed by atoms with Gasteiger partial charge in [-0.2, -0.15) is 0 Å². The van der Waals surface area contributed by atoms with Gasteiger partial charge in [0, 0.05) is 22.9 Å². The third-order valence-electron chi connectivity index (χ3n) is 3.85. The minimum atomic E-state index is -0.244. The molecule has 0 radical (unpaired) electrons. The molecular formula is C17H16ClFO2. The summed E-state index contributed by atoms with van der Waals surface area (Å²) < 4.78 is 19.1. The fraction of sp³-hybridized carbons (Fsp3) is 0.294. The molecule has 2 aromatic carbocycles. The first-order chi connectivity index (χ1) is 10.2. The van der Waals surface area contributed by atoms with Crippen LogP contribution in [0.25, 0.3) is 0 Å². The first-order valence-electron chi connectivity index (χ1n) is 6.97. The van der Waals surface area contributed by atoms with E-state index in [1.54, 1.807) is 6.07 Å². The number of hydrogen-bond donors (Lipinski definition) is 1. The molecule has 0 saturated carbocycles. The Morgan fingerprint density at radius 2 is 2.14 bits per heavy atom. The van der Waals surface area contributed by atoms with Crippen LogP contribution < -0.4 is 4.74 Å². The van der Waals surface area contributed by atoms with Gasteiger partial charge >= 0.3 is 0 Å². The van der Waals surface area contributed by atoms with Crippen LogP contribution in [-0.2, 0) is 6.42 Å². The summed E-state index contributed by atoms with van der Waals surface area (Å²) in [5.74, 6) is 0.462. The van der Waals surface area contributed by atoms with Crippen molar-refractivity contribution >= 4 is 11.6 Å². The minimum absolute atomic E-state index is 0.0326. The van der Waals surface area contributed by atoms with Gasteiger partial charge < -0.3 is 9.84 Å². The zero-order valence-electron chi connectivity index (χ0n) is 11.4. The maximum atomic E-state index is 13.2. The normalized spacial score (nSPS) is 18.1. The molecule has 21 heavy (non-hydrogen) atoms. The van der Waals surface area contributed by atoms with Crippen LogP contribution >= 0.6 is 11.6 Å². The smallest absolute Gasteiger partial charge is 0.123 e. The molecule has 110 valence electrons. The zero-order valence-corrected chi connectivity index (χ0v) is 12.2. The van der Waals surface area contributed by atoms with Gasteiger partial charge in [0.1, 0.15) is 17.7 Å². The van der Waals surface area contributed by atoms with E-state index in [2.05, 4.69) is 0 Å². The van der Waals surface area contributed by atoms with Gasteiger partial charge in [-0.15, -0.1) is 0 Å². The van der Waals surface area contributed by atoms with Crippen molar-refractivity contribution in [3.63, 3.8) is 0 Å². The lowest BCUT2D eigenvalue weighted by Crippen LogP contribution is -2.19. The fourth-order valence-corrected chi connectivity index (χ4v) is 3.01. The van der Waals surface area contributed by atoms with E-state index in [4.69, 9.17) is 16.3 Å². The molecule has 1 N–H and O–H groups in total. The number of aliphatic hydroxyl groups is 1. The standard InChI is InChI=1S/C17H16ClFO2/c18-14-3-1-2-11(6-14)13(10-20)9-16-8-12-7-15(19)4-5-17(12)21-16/h1-7,13,16,20H,8-10H2. The second kappa shape index (κ2) is 6.04. The van der Waals surface area contributed by atoms with Gasteiger partial charge in [-0.05, 0) is 42.3 Å². The van der Waals surface area contributed by atoms with Crippen LogP contribution in [0.1, 0.15) is 23.5 Å². The second-order valence-corrected chi connectivity index (χ2v) is 5.80. The van der Waals surface area contributed by atoms with Gasteiger partial charge in [-0.3, -0.25) is 0 Å². The number of hydrogen-bond acceptors (Lipinski definition) is 2. The van der Waals surface area contributed by atoms with E-state index in [9.17, 15) is 9.50 Å². The molecule has 0 saturated heterocycles. The summed E-state index contributed by atoms with van der Waals surface area (Å²) in [4.78, 5) is 0. The summed E-state index contributed by atoms with van der Waals surface area (Å²) in [5, 5.41) is 10.3. The SMILES string of the molecule is OCC(CC1Cc2cc(F)ccc2O1)c1cccc(Cl)c1. The third-order valence-corrected chi connectivity index (χ3v) is 4.09. The largest absolute Gasteiger partial charge is 0.490 e. The van der Waals surface area contributed by atoms with Crippen LogP contribution in [-0.4, -0.2) is 17.8 Å². The molecule has 0 amide bonds. The van der Waals surface area contributed by atoms with Gasteiger partial charge in [0.2, 0.25) is 0 Å². The number of halogens is 2. The van der Waals surface area contributed by atoms with Crippen LogP contribution in [0.4, 0.5) is 4.39 Å². The Labute approximate surface area is 128 Å². The monoisotopic (exact) mass is 306 g/mol. The molecule has 2 aromatic rings. The van der Waals surface area contributed by atoms with Crippen molar-refractivity contribution < 1.29 is 14.2 Å². The van der Waals surface area contributed by atoms with E-state index in [-0.39, 0.29) is 24.4 Å². The molecular weight excluding hydrogens is 291 g/mol. The van der Waals surface area contributed by atoms with Crippen LogP contribution in [0.5, 0.6) is 5.75 Å². The van der Waals surface area contributed by atoms with E-state index >= 15 is 0 Å². The Bertz CT molecular complexity index is 644. The average Bonchev–Trinajstić information content (AvgIpc) is 2.86. The molecule has 0 bridgehead atoms. The summed E-state index contributed by atoms with van der Waals surface area (Å²) in [6.07, 6.45) is 1.30. The maximum absolute atomic E-state index is 13.2. The number of rotatable bonds is 4. The molecule has 0 spiro atoms. The Morgan fingerprint density at radius 3 is 2.90 bits per heavy atom. The van der Waals surface area contributed by atoms with Crippen molar-refractivity contribution in [2.24, 2.45) is 0 Å². The maximum Gasteiger partial charge on any atom is 0.123 e. The predicted octanol–water partition coefficient (Wildman–Crippen LogP) is 3.95. The molecule has 2 unspecified atom stereocenters. The highest BCUT2D eigenvalue weighted by molar-refractivity contribution is 6.30. The van der Waals surface area contributed by atoms with E-state index < -0.39 is 0 Å². The Morgan fingerprint density at radius 1 is 1.29 bits per heavy atom. The number of fused-ring (bicyclic) bond motifs is 1. The highest BCUT2D eigenvalue weighted by atomic mass is 35.5. The highest BCUT2D eigenvalue weighted by Gasteiger charge is 2.26. The first kappa shape index (κ1) is 14.4. The first-order valence-corrected chi connectivity index (χ1v) is 7.35. The van der Waals surface area contributed by atoms with Crippen LogP contribution in [0, 0.1) is 5.82 Å². The molecule has 0 fully saturated rings. The Kier molecular flexibility index (Phi) is 4.13. The molecule has 0 aromatic heterocycles. The summed E-state index contributed by atoms with van der Waals surface area (Å²) >= 11 is 6.00. The van der Waals surface area contributed by atoms with E-state index in [1.807, 2.05) is 24.3 Å².